The van der Waals surface area contributed by atoms with Crippen LogP contribution in [0.2, 0.25) is 0 Å². The molecule has 1 aliphatic rings. The highest BCUT2D eigenvalue weighted by Crippen LogP contribution is 2.28. The molecule has 40 heavy (non-hydrogen) atoms. The van der Waals surface area contributed by atoms with Gasteiger partial charge in [0.25, 0.3) is 5.91 Å². The zero-order chi connectivity index (χ0) is 30.0. The van der Waals surface area contributed by atoms with Gasteiger partial charge in [-0.1, -0.05) is 39.8 Å². The molecule has 226 valence electrons. The van der Waals surface area contributed by atoms with Crippen LogP contribution in [0.25, 0.3) is 0 Å². The lowest BCUT2D eigenvalue weighted by atomic mass is 9.80. The Morgan fingerprint density at radius 3 is 2.35 bits per heavy atom. The molecule has 1 aromatic carbocycles. The number of ether oxygens (including phenoxy) is 2. The number of urea groups is 1. The number of nitrogens with one attached hydrogen (secondary N) is 3. The van der Waals surface area contributed by atoms with Gasteiger partial charge in [-0.2, -0.15) is 0 Å². The van der Waals surface area contributed by atoms with Gasteiger partial charge < -0.3 is 30.9 Å². The molecular formula is C30H50N4O6. The van der Waals surface area contributed by atoms with Crippen LogP contribution in [0, 0.1) is 23.7 Å². The number of hydrogen-bond donors (Lipinski definition) is 5. The van der Waals surface area contributed by atoms with Gasteiger partial charge in [-0.15, -0.1) is 0 Å². The average Bonchev–Trinajstić information content (AvgIpc) is 3.24. The van der Waals surface area contributed by atoms with E-state index in [0.29, 0.717) is 12.3 Å². The first-order valence-electron chi connectivity index (χ1n) is 14.4. The van der Waals surface area contributed by atoms with Crippen molar-refractivity contribution < 1.29 is 29.0 Å². The van der Waals surface area contributed by atoms with E-state index in [4.69, 9.17) is 15.2 Å². The lowest BCUT2D eigenvalue weighted by Gasteiger charge is -2.30. The third-order valence-corrected chi connectivity index (χ3v) is 8.05. The van der Waals surface area contributed by atoms with E-state index in [0.717, 1.165) is 30.6 Å². The summed E-state index contributed by atoms with van der Waals surface area (Å²) in [6, 6.07) is 4.43. The van der Waals surface area contributed by atoms with E-state index in [2.05, 4.69) is 48.9 Å². The minimum atomic E-state index is -0.865. The molecule has 1 aromatic rings. The SMILES string of the molecule is COc1ccc(C[C@@H](C[C@H](N)[C@@H](O)C[C@H](C(=O)NCC2NC(=O)NC2=O)C(C)C)C(C)C)cc1CCC(C)OC. The number of rotatable bonds is 17. The highest BCUT2D eigenvalue weighted by Gasteiger charge is 2.33. The van der Waals surface area contributed by atoms with Crippen LogP contribution in [0.3, 0.4) is 0 Å². The van der Waals surface area contributed by atoms with Gasteiger partial charge in [0, 0.05) is 25.6 Å². The minimum Gasteiger partial charge on any atom is -0.496 e. The predicted octanol–water partition coefficient (Wildman–Crippen LogP) is 2.54. The molecule has 10 heteroatoms. The van der Waals surface area contributed by atoms with Gasteiger partial charge in [-0.05, 0) is 74.0 Å². The van der Waals surface area contributed by atoms with Crippen molar-refractivity contribution in [1.29, 1.82) is 0 Å². The van der Waals surface area contributed by atoms with Crippen LogP contribution in [0.15, 0.2) is 18.2 Å². The van der Waals surface area contributed by atoms with Gasteiger partial charge in [-0.3, -0.25) is 14.9 Å². The standard InChI is InChI=1S/C30H50N4O6/c1-17(2)22(13-20-9-11-27(40-7)21(12-20)10-8-19(5)39-6)14-24(31)26(35)15-23(18(3)4)28(36)32-16-25-29(37)34-30(38)33-25/h9,11-12,17-19,22-26,35H,8,10,13-16,31H2,1-7H3,(H,32,36)(H2,33,34,37,38)/t19?,22-,23-,24-,25?,26-/m0/s1. The lowest BCUT2D eigenvalue weighted by molar-refractivity contribution is -0.128. The molecule has 0 spiro atoms. The maximum Gasteiger partial charge on any atom is 0.322 e. The van der Waals surface area contributed by atoms with Crippen molar-refractivity contribution >= 4 is 17.8 Å². The number of methoxy groups -OCH3 is 2. The maximum absolute atomic E-state index is 12.9. The molecule has 0 radical (unpaired) electrons. The van der Waals surface area contributed by atoms with E-state index >= 15 is 0 Å². The lowest BCUT2D eigenvalue weighted by Crippen LogP contribution is -2.46. The van der Waals surface area contributed by atoms with Crippen LogP contribution in [0.5, 0.6) is 5.75 Å². The van der Waals surface area contributed by atoms with E-state index in [1.807, 2.05) is 19.9 Å². The molecule has 2 unspecified atom stereocenters. The van der Waals surface area contributed by atoms with Crippen molar-refractivity contribution in [3.63, 3.8) is 0 Å². The predicted molar refractivity (Wildman–Crippen MR) is 155 cm³/mol. The molecule has 0 aromatic heterocycles. The number of benzene rings is 1. The van der Waals surface area contributed by atoms with Crippen LogP contribution >= 0.6 is 0 Å². The highest BCUT2D eigenvalue weighted by molar-refractivity contribution is 6.04. The topological polar surface area (TPSA) is 152 Å². The van der Waals surface area contributed by atoms with Crippen molar-refractivity contribution in [3.05, 3.63) is 29.3 Å². The molecular weight excluding hydrogens is 512 g/mol. The second-order valence-corrected chi connectivity index (χ2v) is 11.8. The number of imide groups is 1. The van der Waals surface area contributed by atoms with Crippen LogP contribution in [0.1, 0.15) is 65.0 Å². The fourth-order valence-electron chi connectivity index (χ4n) is 5.08. The minimum absolute atomic E-state index is 0.00850. The number of nitrogens with two attached hydrogens (primary N) is 1. The van der Waals surface area contributed by atoms with Crippen LogP contribution in [0.4, 0.5) is 4.79 Å². The summed E-state index contributed by atoms with van der Waals surface area (Å²) in [7, 11) is 3.40. The molecule has 0 bridgehead atoms. The molecule has 0 aliphatic carbocycles. The second kappa shape index (κ2) is 15.9. The fraction of sp³-hybridized carbons (Fsp3) is 0.700. The first-order chi connectivity index (χ1) is 18.9. The van der Waals surface area contributed by atoms with Crippen LogP contribution in [-0.4, -0.2) is 68.0 Å². The average molecular weight is 563 g/mol. The third kappa shape index (κ3) is 10.1. The maximum atomic E-state index is 12.9. The van der Waals surface area contributed by atoms with Crippen molar-refractivity contribution in [2.24, 2.45) is 29.4 Å². The summed E-state index contributed by atoms with van der Waals surface area (Å²) in [5, 5.41) is 18.4. The van der Waals surface area contributed by atoms with Gasteiger partial charge in [0.2, 0.25) is 5.91 Å². The summed E-state index contributed by atoms with van der Waals surface area (Å²) < 4.78 is 11.0. The summed E-state index contributed by atoms with van der Waals surface area (Å²) in [6.07, 6.45) is 2.69. The first-order valence-corrected chi connectivity index (χ1v) is 14.4. The number of aliphatic hydroxyl groups excluding tert-OH is 1. The number of aliphatic hydroxyl groups is 1. The largest absolute Gasteiger partial charge is 0.496 e. The van der Waals surface area contributed by atoms with Crippen molar-refractivity contribution in [3.8, 4) is 5.75 Å². The Labute approximate surface area is 239 Å². The molecule has 10 nitrogen and oxygen atoms in total. The summed E-state index contributed by atoms with van der Waals surface area (Å²) in [5.41, 5.74) is 8.87. The van der Waals surface area contributed by atoms with Gasteiger partial charge in [0.15, 0.2) is 0 Å². The number of carbonyl (C=O) groups is 3. The molecule has 6 atom stereocenters. The zero-order valence-corrected chi connectivity index (χ0v) is 25.2. The highest BCUT2D eigenvalue weighted by atomic mass is 16.5. The quantitative estimate of drug-likeness (QED) is 0.183. The van der Waals surface area contributed by atoms with Crippen LogP contribution < -0.4 is 26.4 Å². The van der Waals surface area contributed by atoms with Gasteiger partial charge in [-0.25, -0.2) is 4.79 Å². The molecule has 1 saturated heterocycles. The summed E-state index contributed by atoms with van der Waals surface area (Å²) >= 11 is 0. The molecule has 6 N–H and O–H groups in total. The van der Waals surface area contributed by atoms with E-state index in [1.54, 1.807) is 14.2 Å². The Hall–Kier alpha value is -2.69. The zero-order valence-electron chi connectivity index (χ0n) is 25.2. The second-order valence-electron chi connectivity index (χ2n) is 11.8. The van der Waals surface area contributed by atoms with Gasteiger partial charge >= 0.3 is 6.03 Å². The number of hydrogen-bond acceptors (Lipinski definition) is 7. The van der Waals surface area contributed by atoms with E-state index in [-0.39, 0.29) is 36.8 Å². The van der Waals surface area contributed by atoms with E-state index in [9.17, 15) is 19.5 Å². The van der Waals surface area contributed by atoms with Crippen molar-refractivity contribution in [2.75, 3.05) is 20.8 Å². The van der Waals surface area contributed by atoms with Gasteiger partial charge in [0.1, 0.15) is 11.8 Å². The molecule has 1 aliphatic heterocycles. The van der Waals surface area contributed by atoms with Crippen LogP contribution in [-0.2, 0) is 27.2 Å². The molecule has 0 saturated carbocycles. The van der Waals surface area contributed by atoms with E-state index in [1.165, 1.54) is 5.56 Å². The molecule has 1 heterocycles. The molecule has 1 fully saturated rings. The molecule has 2 rings (SSSR count). The Balaban J connectivity index is 2.01. The van der Waals surface area contributed by atoms with Crippen molar-refractivity contribution in [2.45, 2.75) is 91.0 Å². The van der Waals surface area contributed by atoms with Gasteiger partial charge in [0.05, 0.1) is 19.3 Å². The normalized spacial score (nSPS) is 19.1. The Bertz CT molecular complexity index is 985. The number of amides is 4. The fourth-order valence-corrected chi connectivity index (χ4v) is 5.08. The monoisotopic (exact) mass is 562 g/mol. The van der Waals surface area contributed by atoms with E-state index < -0.39 is 36.0 Å². The number of carbonyl (C=O) groups excluding carboxylic acids is 3. The summed E-state index contributed by atoms with van der Waals surface area (Å²) in [6.45, 7) is 10.2. The van der Waals surface area contributed by atoms with Crippen molar-refractivity contribution in [1.82, 2.24) is 16.0 Å². The first kappa shape index (κ1) is 33.5. The summed E-state index contributed by atoms with van der Waals surface area (Å²) in [5.74, 6) is 0.166. The smallest absolute Gasteiger partial charge is 0.322 e. The summed E-state index contributed by atoms with van der Waals surface area (Å²) in [4.78, 5) is 36.0. The Kier molecular flexibility index (Phi) is 13.3. The third-order valence-electron chi connectivity index (χ3n) is 8.05. The Morgan fingerprint density at radius 2 is 1.80 bits per heavy atom. The number of aryl methyl sites for hydroxylation is 1. The Morgan fingerprint density at radius 1 is 1.10 bits per heavy atom. The molecule has 4 amide bonds.